The van der Waals surface area contributed by atoms with Gasteiger partial charge in [0.2, 0.25) is 0 Å². The number of rotatable bonds is 7. The van der Waals surface area contributed by atoms with E-state index >= 15 is 0 Å². The van der Waals surface area contributed by atoms with Gasteiger partial charge in [-0.2, -0.15) is 5.26 Å². The summed E-state index contributed by atoms with van der Waals surface area (Å²) in [6.07, 6.45) is 0. The third-order valence-electron chi connectivity index (χ3n) is 3.29. The number of hydrogen-bond donors (Lipinski definition) is 0. The van der Waals surface area contributed by atoms with Crippen LogP contribution in [0.2, 0.25) is 0 Å². The van der Waals surface area contributed by atoms with Gasteiger partial charge in [-0.25, -0.2) is 0 Å². The molecule has 0 saturated heterocycles. The van der Waals surface area contributed by atoms with Crippen LogP contribution in [0.3, 0.4) is 0 Å². The molecule has 1 rings (SSSR count). The van der Waals surface area contributed by atoms with Gasteiger partial charge in [0, 0.05) is 25.2 Å². The van der Waals surface area contributed by atoms with Crippen LogP contribution in [0.25, 0.3) is 0 Å². The number of nitriles is 1. The predicted molar refractivity (Wildman–Crippen MR) is 82.6 cm³/mol. The Balaban J connectivity index is 2.90. The average Bonchev–Trinajstić information content (AvgIpc) is 2.38. The van der Waals surface area contributed by atoms with E-state index < -0.39 is 4.92 Å². The first-order valence-corrected chi connectivity index (χ1v) is 7.22. The second-order valence-corrected chi connectivity index (χ2v) is 6.06. The van der Waals surface area contributed by atoms with E-state index in [4.69, 9.17) is 0 Å². The van der Waals surface area contributed by atoms with Gasteiger partial charge in [0.05, 0.1) is 11.0 Å². The Morgan fingerprint density at radius 2 is 1.81 bits per heavy atom. The third-order valence-corrected chi connectivity index (χ3v) is 3.29. The van der Waals surface area contributed by atoms with Crippen molar-refractivity contribution in [3.05, 3.63) is 39.9 Å². The summed E-state index contributed by atoms with van der Waals surface area (Å²) in [5.41, 5.74) is 1.08. The summed E-state index contributed by atoms with van der Waals surface area (Å²) in [6.45, 7) is 9.78. The molecule has 1 atom stereocenters. The zero-order valence-electron chi connectivity index (χ0n) is 13.1. The van der Waals surface area contributed by atoms with E-state index in [-0.39, 0.29) is 17.6 Å². The normalized spacial score (nSPS) is 12.7. The standard InChI is InChI=1S/C16H23N3O2/c1-12(2)10-18(16(9-17)13(3)4)11-14-5-7-15(8-6-14)19(20)21/h5-8,12-13,16H,10-11H2,1-4H3. The molecule has 0 N–H and O–H groups in total. The number of nitro benzene ring substituents is 1. The fraction of sp³-hybridized carbons (Fsp3) is 0.562. The molecular weight excluding hydrogens is 266 g/mol. The van der Waals surface area contributed by atoms with Crippen molar-refractivity contribution >= 4 is 5.69 Å². The topological polar surface area (TPSA) is 70.2 Å². The molecule has 0 aliphatic heterocycles. The van der Waals surface area contributed by atoms with E-state index in [1.807, 2.05) is 13.8 Å². The van der Waals surface area contributed by atoms with Gasteiger partial charge < -0.3 is 0 Å². The Labute approximate surface area is 126 Å². The van der Waals surface area contributed by atoms with Crippen LogP contribution in [0.1, 0.15) is 33.3 Å². The van der Waals surface area contributed by atoms with Crippen LogP contribution >= 0.6 is 0 Å². The first-order valence-electron chi connectivity index (χ1n) is 7.22. The van der Waals surface area contributed by atoms with Crippen molar-refractivity contribution in [3.8, 4) is 6.07 Å². The summed E-state index contributed by atoms with van der Waals surface area (Å²) in [6, 6.07) is 8.78. The molecule has 21 heavy (non-hydrogen) atoms. The highest BCUT2D eigenvalue weighted by Gasteiger charge is 2.22. The first kappa shape index (κ1) is 17.1. The van der Waals surface area contributed by atoms with Crippen LogP contribution in [-0.4, -0.2) is 22.4 Å². The summed E-state index contributed by atoms with van der Waals surface area (Å²) < 4.78 is 0. The Morgan fingerprint density at radius 3 is 2.19 bits per heavy atom. The van der Waals surface area contributed by atoms with Crippen LogP contribution in [-0.2, 0) is 6.54 Å². The second-order valence-electron chi connectivity index (χ2n) is 6.06. The first-order chi connectivity index (χ1) is 9.85. The predicted octanol–water partition coefficient (Wildman–Crippen LogP) is 3.60. The molecule has 1 aromatic carbocycles. The molecule has 0 aliphatic rings. The molecule has 0 aliphatic carbocycles. The van der Waals surface area contributed by atoms with Crippen molar-refractivity contribution in [2.45, 2.75) is 40.3 Å². The van der Waals surface area contributed by atoms with E-state index in [1.54, 1.807) is 12.1 Å². The van der Waals surface area contributed by atoms with Crippen LogP contribution in [0.4, 0.5) is 5.69 Å². The summed E-state index contributed by atoms with van der Waals surface area (Å²) in [4.78, 5) is 12.4. The summed E-state index contributed by atoms with van der Waals surface area (Å²) in [7, 11) is 0. The van der Waals surface area contributed by atoms with E-state index in [0.717, 1.165) is 12.1 Å². The lowest BCUT2D eigenvalue weighted by atomic mass is 10.0. The molecule has 0 radical (unpaired) electrons. The molecule has 0 heterocycles. The lowest BCUT2D eigenvalue weighted by molar-refractivity contribution is -0.384. The van der Waals surface area contributed by atoms with Gasteiger partial charge in [-0.1, -0.05) is 39.8 Å². The molecule has 0 spiro atoms. The number of non-ortho nitro benzene ring substituents is 1. The summed E-state index contributed by atoms with van der Waals surface area (Å²) in [5.74, 6) is 0.699. The van der Waals surface area contributed by atoms with Gasteiger partial charge in [-0.05, 0) is 17.4 Å². The molecule has 0 aromatic heterocycles. The molecule has 5 nitrogen and oxygen atoms in total. The van der Waals surface area contributed by atoms with Gasteiger partial charge in [-0.3, -0.25) is 15.0 Å². The van der Waals surface area contributed by atoms with E-state index in [0.29, 0.717) is 12.5 Å². The quantitative estimate of drug-likeness (QED) is 0.568. The van der Waals surface area contributed by atoms with Gasteiger partial charge in [0.15, 0.2) is 0 Å². The van der Waals surface area contributed by atoms with Gasteiger partial charge in [-0.15, -0.1) is 0 Å². The fourth-order valence-corrected chi connectivity index (χ4v) is 2.36. The fourth-order valence-electron chi connectivity index (χ4n) is 2.36. The molecule has 5 heteroatoms. The molecule has 0 fully saturated rings. The van der Waals surface area contributed by atoms with Crippen molar-refractivity contribution in [1.82, 2.24) is 4.90 Å². The lowest BCUT2D eigenvalue weighted by Gasteiger charge is -2.31. The lowest BCUT2D eigenvalue weighted by Crippen LogP contribution is -2.39. The SMILES string of the molecule is CC(C)CN(Cc1ccc([N+](=O)[O-])cc1)C(C#N)C(C)C. The van der Waals surface area contributed by atoms with Crippen LogP contribution in [0.15, 0.2) is 24.3 Å². The minimum absolute atomic E-state index is 0.0925. The maximum atomic E-state index is 10.7. The van der Waals surface area contributed by atoms with E-state index in [1.165, 1.54) is 12.1 Å². The molecule has 0 amide bonds. The van der Waals surface area contributed by atoms with Gasteiger partial charge in [0.1, 0.15) is 6.04 Å². The number of nitro groups is 1. The highest BCUT2D eigenvalue weighted by Crippen LogP contribution is 2.18. The average molecular weight is 289 g/mol. The molecule has 1 aromatic rings. The highest BCUT2D eigenvalue weighted by atomic mass is 16.6. The Bertz CT molecular complexity index is 503. The maximum absolute atomic E-state index is 10.7. The highest BCUT2D eigenvalue weighted by molar-refractivity contribution is 5.32. The van der Waals surface area contributed by atoms with Crippen molar-refractivity contribution in [1.29, 1.82) is 5.26 Å². The van der Waals surface area contributed by atoms with E-state index in [2.05, 4.69) is 24.8 Å². The van der Waals surface area contributed by atoms with Crippen LogP contribution in [0, 0.1) is 33.3 Å². The second kappa shape index (κ2) is 7.75. The van der Waals surface area contributed by atoms with Crippen molar-refractivity contribution in [3.63, 3.8) is 0 Å². The van der Waals surface area contributed by atoms with Gasteiger partial charge in [0.25, 0.3) is 5.69 Å². The minimum Gasteiger partial charge on any atom is -0.283 e. The van der Waals surface area contributed by atoms with E-state index in [9.17, 15) is 15.4 Å². The molecule has 114 valence electrons. The summed E-state index contributed by atoms with van der Waals surface area (Å²) in [5, 5.41) is 20.1. The largest absolute Gasteiger partial charge is 0.283 e. The molecular formula is C16H23N3O2. The van der Waals surface area contributed by atoms with Crippen LogP contribution < -0.4 is 0 Å². The molecule has 0 bridgehead atoms. The Kier molecular flexibility index (Phi) is 6.32. The molecule has 1 unspecified atom stereocenters. The minimum atomic E-state index is -0.401. The van der Waals surface area contributed by atoms with Gasteiger partial charge >= 0.3 is 0 Å². The van der Waals surface area contributed by atoms with Crippen molar-refractivity contribution in [2.24, 2.45) is 11.8 Å². The zero-order valence-corrected chi connectivity index (χ0v) is 13.1. The Morgan fingerprint density at radius 1 is 1.24 bits per heavy atom. The summed E-state index contributed by atoms with van der Waals surface area (Å²) >= 11 is 0. The number of benzene rings is 1. The van der Waals surface area contributed by atoms with Crippen molar-refractivity contribution < 1.29 is 4.92 Å². The van der Waals surface area contributed by atoms with Crippen LogP contribution in [0.5, 0.6) is 0 Å². The van der Waals surface area contributed by atoms with Crippen molar-refractivity contribution in [2.75, 3.05) is 6.54 Å². The monoisotopic (exact) mass is 289 g/mol. The third kappa shape index (κ3) is 5.16. The Hall–Kier alpha value is -1.93. The zero-order chi connectivity index (χ0) is 16.0. The maximum Gasteiger partial charge on any atom is 0.269 e. The number of nitrogens with zero attached hydrogens (tertiary/aromatic N) is 3. The number of hydrogen-bond acceptors (Lipinski definition) is 4. The smallest absolute Gasteiger partial charge is 0.269 e. The molecule has 0 saturated carbocycles.